The maximum absolute atomic E-state index is 12.0. The van der Waals surface area contributed by atoms with Gasteiger partial charge in [-0.25, -0.2) is 0 Å². The standard InChI is InChI=1S/C14H13N3O2/c1-9-4-6-10(7-5-9)17-14(19)12-11(13(15)18)3-2-8-16-12/h2-8H,1H3,(H2,15,18)(H,17,19). The number of pyridine rings is 1. The van der Waals surface area contributed by atoms with Gasteiger partial charge in [0.2, 0.25) is 0 Å². The van der Waals surface area contributed by atoms with Crippen LogP contribution in [-0.2, 0) is 0 Å². The molecule has 96 valence electrons. The highest BCUT2D eigenvalue weighted by atomic mass is 16.2. The normalized spacial score (nSPS) is 9.95. The number of benzene rings is 1. The van der Waals surface area contributed by atoms with Crippen molar-refractivity contribution in [2.45, 2.75) is 6.92 Å². The van der Waals surface area contributed by atoms with E-state index >= 15 is 0 Å². The number of amides is 2. The number of aromatic nitrogens is 1. The van der Waals surface area contributed by atoms with Crippen LogP contribution in [0.5, 0.6) is 0 Å². The number of hydrogen-bond donors (Lipinski definition) is 2. The molecule has 1 aromatic carbocycles. The van der Waals surface area contributed by atoms with Gasteiger partial charge in [0.25, 0.3) is 11.8 Å². The van der Waals surface area contributed by atoms with Gasteiger partial charge in [-0.3, -0.25) is 14.6 Å². The van der Waals surface area contributed by atoms with Crippen LogP contribution in [0.25, 0.3) is 0 Å². The van der Waals surface area contributed by atoms with Crippen molar-refractivity contribution < 1.29 is 9.59 Å². The summed E-state index contributed by atoms with van der Waals surface area (Å²) in [6, 6.07) is 10.3. The number of hydrogen-bond acceptors (Lipinski definition) is 3. The lowest BCUT2D eigenvalue weighted by molar-refractivity contribution is 0.0974. The number of primary amides is 1. The van der Waals surface area contributed by atoms with Crippen LogP contribution in [0.15, 0.2) is 42.6 Å². The molecule has 3 N–H and O–H groups in total. The van der Waals surface area contributed by atoms with Crippen LogP contribution in [-0.4, -0.2) is 16.8 Å². The second kappa shape index (κ2) is 5.30. The third-order valence-electron chi connectivity index (χ3n) is 2.60. The minimum absolute atomic E-state index is 0.0237. The smallest absolute Gasteiger partial charge is 0.275 e. The molecule has 1 aromatic heterocycles. The molecule has 0 saturated carbocycles. The summed E-state index contributed by atoms with van der Waals surface area (Å²) in [6.45, 7) is 1.95. The summed E-state index contributed by atoms with van der Waals surface area (Å²) in [4.78, 5) is 27.2. The van der Waals surface area contributed by atoms with E-state index in [9.17, 15) is 9.59 Å². The molecule has 0 atom stereocenters. The Morgan fingerprint density at radius 1 is 1.16 bits per heavy atom. The largest absolute Gasteiger partial charge is 0.366 e. The maximum Gasteiger partial charge on any atom is 0.275 e. The third kappa shape index (κ3) is 2.95. The summed E-state index contributed by atoms with van der Waals surface area (Å²) in [5.74, 6) is -1.14. The van der Waals surface area contributed by atoms with E-state index < -0.39 is 11.8 Å². The molecular formula is C14H13N3O2. The molecule has 19 heavy (non-hydrogen) atoms. The van der Waals surface area contributed by atoms with E-state index in [-0.39, 0.29) is 11.3 Å². The van der Waals surface area contributed by atoms with Gasteiger partial charge >= 0.3 is 0 Å². The van der Waals surface area contributed by atoms with Gasteiger partial charge in [0.05, 0.1) is 5.56 Å². The monoisotopic (exact) mass is 255 g/mol. The second-order valence-electron chi connectivity index (χ2n) is 4.08. The molecule has 5 heteroatoms. The predicted molar refractivity (Wildman–Crippen MR) is 71.9 cm³/mol. The average molecular weight is 255 g/mol. The zero-order chi connectivity index (χ0) is 13.8. The van der Waals surface area contributed by atoms with Crippen molar-refractivity contribution in [1.29, 1.82) is 0 Å². The van der Waals surface area contributed by atoms with Gasteiger partial charge in [0, 0.05) is 11.9 Å². The molecule has 0 fully saturated rings. The zero-order valence-electron chi connectivity index (χ0n) is 10.4. The molecule has 2 amide bonds. The summed E-state index contributed by atoms with van der Waals surface area (Å²) in [6.07, 6.45) is 1.44. The van der Waals surface area contributed by atoms with E-state index in [4.69, 9.17) is 5.73 Å². The zero-order valence-corrected chi connectivity index (χ0v) is 10.4. The first kappa shape index (κ1) is 12.8. The number of carbonyl (C=O) groups excluding carboxylic acids is 2. The Morgan fingerprint density at radius 2 is 1.84 bits per heavy atom. The van der Waals surface area contributed by atoms with E-state index in [1.807, 2.05) is 19.1 Å². The summed E-state index contributed by atoms with van der Waals surface area (Å²) in [7, 11) is 0. The molecular weight excluding hydrogens is 242 g/mol. The summed E-state index contributed by atoms with van der Waals surface area (Å²) >= 11 is 0. The lowest BCUT2D eigenvalue weighted by Crippen LogP contribution is -2.21. The number of aryl methyl sites for hydroxylation is 1. The number of nitrogens with one attached hydrogen (secondary N) is 1. The van der Waals surface area contributed by atoms with Crippen LogP contribution in [0.2, 0.25) is 0 Å². The van der Waals surface area contributed by atoms with Crippen LogP contribution >= 0.6 is 0 Å². The quantitative estimate of drug-likeness (QED) is 0.876. The Balaban J connectivity index is 2.25. The number of carbonyl (C=O) groups is 2. The van der Waals surface area contributed by atoms with Crippen molar-refractivity contribution >= 4 is 17.5 Å². The summed E-state index contributed by atoms with van der Waals surface area (Å²) in [5, 5.41) is 2.67. The lowest BCUT2D eigenvalue weighted by Gasteiger charge is -2.07. The fourth-order valence-corrected chi connectivity index (χ4v) is 1.61. The minimum atomic E-state index is -0.679. The molecule has 0 aliphatic heterocycles. The van der Waals surface area contributed by atoms with Gasteiger partial charge in [-0.15, -0.1) is 0 Å². The van der Waals surface area contributed by atoms with Crippen molar-refractivity contribution in [2.24, 2.45) is 5.73 Å². The van der Waals surface area contributed by atoms with Crippen molar-refractivity contribution in [3.8, 4) is 0 Å². The molecule has 2 rings (SSSR count). The Bertz CT molecular complexity index is 621. The van der Waals surface area contributed by atoms with Crippen LogP contribution < -0.4 is 11.1 Å². The Labute approximate surface area is 110 Å². The van der Waals surface area contributed by atoms with Gasteiger partial charge in [0.15, 0.2) is 0 Å². The average Bonchev–Trinajstić information content (AvgIpc) is 2.41. The highest BCUT2D eigenvalue weighted by Crippen LogP contribution is 2.12. The highest BCUT2D eigenvalue weighted by molar-refractivity contribution is 6.10. The fraction of sp³-hybridized carbons (Fsp3) is 0.0714. The van der Waals surface area contributed by atoms with Gasteiger partial charge < -0.3 is 11.1 Å². The predicted octanol–water partition coefficient (Wildman–Crippen LogP) is 1.74. The molecule has 0 spiro atoms. The molecule has 0 saturated heterocycles. The highest BCUT2D eigenvalue weighted by Gasteiger charge is 2.16. The molecule has 0 radical (unpaired) electrons. The van der Waals surface area contributed by atoms with E-state index in [1.54, 1.807) is 18.2 Å². The van der Waals surface area contributed by atoms with Gasteiger partial charge in [-0.05, 0) is 31.2 Å². The van der Waals surface area contributed by atoms with Gasteiger partial charge in [-0.1, -0.05) is 17.7 Å². The number of anilines is 1. The molecule has 0 aliphatic carbocycles. The SMILES string of the molecule is Cc1ccc(NC(=O)c2ncccc2C(N)=O)cc1. The van der Waals surface area contributed by atoms with Crippen LogP contribution in [0.1, 0.15) is 26.4 Å². The molecule has 2 aromatic rings. The van der Waals surface area contributed by atoms with E-state index in [2.05, 4.69) is 10.3 Å². The van der Waals surface area contributed by atoms with Crippen LogP contribution in [0.4, 0.5) is 5.69 Å². The summed E-state index contributed by atoms with van der Waals surface area (Å²) in [5.41, 5.74) is 7.06. The first-order valence-corrected chi connectivity index (χ1v) is 5.71. The minimum Gasteiger partial charge on any atom is -0.366 e. The summed E-state index contributed by atoms with van der Waals surface area (Å²) < 4.78 is 0. The van der Waals surface area contributed by atoms with Gasteiger partial charge in [0.1, 0.15) is 5.69 Å². The fourth-order valence-electron chi connectivity index (χ4n) is 1.61. The molecule has 0 bridgehead atoms. The van der Waals surface area contributed by atoms with E-state index in [0.29, 0.717) is 5.69 Å². The maximum atomic E-state index is 12.0. The van der Waals surface area contributed by atoms with Crippen LogP contribution in [0, 0.1) is 6.92 Å². The third-order valence-corrected chi connectivity index (χ3v) is 2.60. The van der Waals surface area contributed by atoms with Crippen molar-refractivity contribution in [1.82, 2.24) is 4.98 Å². The Morgan fingerprint density at radius 3 is 2.47 bits per heavy atom. The van der Waals surface area contributed by atoms with E-state index in [0.717, 1.165) is 5.56 Å². The van der Waals surface area contributed by atoms with Crippen LogP contribution in [0.3, 0.4) is 0 Å². The number of rotatable bonds is 3. The molecule has 5 nitrogen and oxygen atoms in total. The molecule has 0 unspecified atom stereocenters. The number of nitrogens with two attached hydrogens (primary N) is 1. The first-order valence-electron chi connectivity index (χ1n) is 5.71. The molecule has 0 aliphatic rings. The van der Waals surface area contributed by atoms with Gasteiger partial charge in [-0.2, -0.15) is 0 Å². The second-order valence-corrected chi connectivity index (χ2v) is 4.08. The topological polar surface area (TPSA) is 85.1 Å². The van der Waals surface area contributed by atoms with Crippen molar-refractivity contribution in [3.05, 3.63) is 59.4 Å². The van der Waals surface area contributed by atoms with Crippen molar-refractivity contribution in [2.75, 3.05) is 5.32 Å². The number of nitrogens with zero attached hydrogens (tertiary/aromatic N) is 1. The van der Waals surface area contributed by atoms with E-state index in [1.165, 1.54) is 12.3 Å². The Hall–Kier alpha value is -2.69. The lowest BCUT2D eigenvalue weighted by atomic mass is 10.1. The molecule has 1 heterocycles. The Kier molecular flexibility index (Phi) is 3.56. The first-order chi connectivity index (χ1) is 9.08. The van der Waals surface area contributed by atoms with Crippen molar-refractivity contribution in [3.63, 3.8) is 0 Å².